The summed E-state index contributed by atoms with van der Waals surface area (Å²) in [5.74, 6) is 4.56. The number of hydrogen-bond donors (Lipinski definition) is 0. The van der Waals surface area contributed by atoms with Gasteiger partial charge in [0, 0.05) is 116 Å². The number of hydrogen-bond acceptors (Lipinski definition) is 16. The fourth-order valence-electron chi connectivity index (χ4n) is 27.8. The molecule has 14 unspecified atom stereocenters. The third-order valence-corrected chi connectivity index (χ3v) is 29.0. The Morgan fingerprint density at radius 3 is 0.911 bits per heavy atom. The number of ketones is 1. The molecule has 0 bridgehead atoms. The van der Waals surface area contributed by atoms with Crippen molar-refractivity contribution >= 4 is 23.7 Å². The predicted octanol–water partition coefficient (Wildman–Crippen LogP) is 5.72. The zero-order valence-electron chi connectivity index (χ0n) is 54.8. The molecule has 0 radical (unpaired) electrons. The molecule has 90 heavy (non-hydrogen) atoms. The van der Waals surface area contributed by atoms with Crippen molar-refractivity contribution in [3.8, 4) is 0 Å². The van der Waals surface area contributed by atoms with E-state index in [1.54, 1.807) is 47.5 Å². The second-order valence-corrected chi connectivity index (χ2v) is 34.4. The highest BCUT2D eigenvalue weighted by atomic mass is 16.6. The van der Waals surface area contributed by atoms with Gasteiger partial charge in [0.1, 0.15) is 17.0 Å². The number of Topliss-reactive ketones (excluding diaryl/α,β-unsaturated/α-hetero) is 1. The first-order valence-corrected chi connectivity index (χ1v) is 36.2. The van der Waals surface area contributed by atoms with Crippen LogP contribution < -0.4 is 0 Å². The van der Waals surface area contributed by atoms with Gasteiger partial charge in [-0.15, -0.1) is 0 Å². The average Bonchev–Trinajstić information content (AvgIpc) is 1.37. The van der Waals surface area contributed by atoms with Gasteiger partial charge in [-0.05, 0) is 239 Å². The van der Waals surface area contributed by atoms with E-state index in [9.17, 15) is 19.2 Å². The third kappa shape index (κ3) is 5.85. The van der Waals surface area contributed by atoms with Gasteiger partial charge in [-0.3, -0.25) is 58.4 Å². The molecule has 0 aromatic carbocycles. The zero-order chi connectivity index (χ0) is 60.8. The molecule has 5 aliphatic heterocycles. The Kier molecular flexibility index (Phi) is 10.6. The molecule has 16 heteroatoms. The Labute approximate surface area is 531 Å². The van der Waals surface area contributed by atoms with Crippen molar-refractivity contribution in [2.45, 2.75) is 157 Å². The van der Waals surface area contributed by atoms with E-state index in [0.717, 1.165) is 105 Å². The second kappa shape index (κ2) is 17.3. The van der Waals surface area contributed by atoms with E-state index in [1.165, 1.54) is 64.2 Å². The molecule has 21 aliphatic rings. The molecular formula is C74H94N8O8. The van der Waals surface area contributed by atoms with Crippen LogP contribution in [0.1, 0.15) is 113 Å². The predicted molar refractivity (Wildman–Crippen MR) is 334 cm³/mol. The zero-order valence-corrected chi connectivity index (χ0v) is 54.8. The summed E-state index contributed by atoms with van der Waals surface area (Å²) in [5, 5.41) is 0. The first-order valence-electron chi connectivity index (χ1n) is 36.2. The van der Waals surface area contributed by atoms with E-state index >= 15 is 0 Å². The van der Waals surface area contributed by atoms with Crippen molar-refractivity contribution < 1.29 is 38.1 Å². The van der Waals surface area contributed by atoms with Crippen LogP contribution in [0.15, 0.2) is 78.0 Å². The largest absolute Gasteiger partial charge is 0.468 e. The maximum Gasteiger partial charge on any atom is 0.320 e. The molecule has 2 spiro atoms. The summed E-state index contributed by atoms with van der Waals surface area (Å²) in [4.78, 5) is 76.5. The van der Waals surface area contributed by atoms with Gasteiger partial charge in [-0.2, -0.15) is 0 Å². The molecule has 0 N–H and O–H groups in total. The summed E-state index contributed by atoms with van der Waals surface area (Å²) >= 11 is 0. The molecule has 478 valence electrons. The number of esters is 3. The maximum atomic E-state index is 13.9. The second-order valence-electron chi connectivity index (χ2n) is 34.4. The van der Waals surface area contributed by atoms with Crippen LogP contribution in [-0.2, 0) is 38.1 Å². The van der Waals surface area contributed by atoms with Crippen LogP contribution in [-0.4, -0.2) is 245 Å². The van der Waals surface area contributed by atoms with Crippen LogP contribution in [0.3, 0.4) is 0 Å². The minimum absolute atomic E-state index is 0.126. The molecule has 16 atom stereocenters. The molecule has 16 aliphatic carbocycles. The lowest BCUT2D eigenvalue weighted by atomic mass is 9.50. The maximum absolute atomic E-state index is 13.9. The van der Waals surface area contributed by atoms with E-state index in [4.69, 9.17) is 18.9 Å². The number of carbonyl (C=O) groups excluding carboxylic acids is 4. The van der Waals surface area contributed by atoms with E-state index in [2.05, 4.69) is 39.2 Å². The van der Waals surface area contributed by atoms with Crippen LogP contribution in [0.5, 0.6) is 0 Å². The normalized spacial score (nSPS) is 45.4. The highest BCUT2D eigenvalue weighted by Crippen LogP contribution is 2.96. The number of nitrogens with zero attached hydrogens (tertiary/aromatic N) is 8. The fraction of sp³-hybridized carbons (Fsp3) is 0.757. The van der Waals surface area contributed by atoms with E-state index in [0.29, 0.717) is 85.4 Å². The summed E-state index contributed by atoms with van der Waals surface area (Å²) < 4.78 is 26.6. The Morgan fingerprint density at radius 2 is 0.622 bits per heavy atom. The molecular weight excluding hydrogens is 1130 g/mol. The Bertz CT molecular complexity index is 3690. The molecule has 5 saturated carbocycles. The van der Waals surface area contributed by atoms with Crippen LogP contribution in [0.25, 0.3) is 0 Å². The number of fused-ring (bicyclic) bond motifs is 5. The Balaban J connectivity index is 0.878. The van der Waals surface area contributed by atoms with Crippen LogP contribution in [0.2, 0.25) is 0 Å². The standard InChI is InChI=1S/C74H94N8O8/c1-39(83)35-75-19-27-79(28-20-75)69-53-40-9-10-41-43-12-14-45-47-16-18-49-48-17-15-46-44-13-11-42(40)55(69)57(44)71(81-31-23-76(24-32-81)36-50(84)87-8)59(46)61(48)73-62(49)60(47)72(82-33-25-78(26-34-82)38-52(86)89-68(5,6)7)58(45)56(43)70(54(41)53,64-63(69)65(71)74(73,90-73)66(64)72)80-29-21-77(22-30-80)37-51(85)88-67(2,3)4/h40-49H,9-38H2,1-8H3/t40?,41?,42?,43?,44?,45?,46?,47?,48?,49?,69?,70?,71?,72?,73-,74+/m0/s1. The topological polar surface area (TPSA) is 134 Å². The van der Waals surface area contributed by atoms with Crippen molar-refractivity contribution in [1.29, 1.82) is 0 Å². The van der Waals surface area contributed by atoms with Crippen LogP contribution >= 0.6 is 0 Å². The number of ether oxygens (including phenoxy) is 4. The lowest BCUT2D eigenvalue weighted by Crippen LogP contribution is -2.70. The average molecular weight is 1220 g/mol. The number of piperazine rings is 4. The van der Waals surface area contributed by atoms with Crippen LogP contribution in [0.4, 0.5) is 0 Å². The molecule has 10 fully saturated rings. The van der Waals surface area contributed by atoms with Gasteiger partial charge < -0.3 is 18.9 Å². The Hall–Kier alpha value is -4.10. The van der Waals surface area contributed by atoms with Gasteiger partial charge in [-0.25, -0.2) is 0 Å². The van der Waals surface area contributed by atoms with Crippen molar-refractivity contribution in [3.05, 3.63) is 78.0 Å². The van der Waals surface area contributed by atoms with E-state index < -0.39 is 44.6 Å². The van der Waals surface area contributed by atoms with Gasteiger partial charge in [0.25, 0.3) is 0 Å². The van der Waals surface area contributed by atoms with Crippen molar-refractivity contribution in [2.24, 2.45) is 59.2 Å². The highest BCUT2D eigenvalue weighted by Gasteiger charge is 2.99. The first kappa shape index (κ1) is 55.2. The molecule has 0 amide bonds. The van der Waals surface area contributed by atoms with Gasteiger partial charge in [0.15, 0.2) is 11.2 Å². The van der Waals surface area contributed by atoms with Crippen molar-refractivity contribution in [2.75, 3.05) is 138 Å². The van der Waals surface area contributed by atoms with Crippen molar-refractivity contribution in [1.82, 2.24) is 39.2 Å². The lowest BCUT2D eigenvalue weighted by Gasteiger charge is -2.64. The third-order valence-electron chi connectivity index (χ3n) is 29.0. The summed E-state index contributed by atoms with van der Waals surface area (Å²) in [7, 11) is 1.54. The van der Waals surface area contributed by atoms with Crippen LogP contribution in [0, 0.1) is 59.2 Å². The minimum Gasteiger partial charge on any atom is -0.468 e. The van der Waals surface area contributed by atoms with Gasteiger partial charge >= 0.3 is 17.9 Å². The van der Waals surface area contributed by atoms with E-state index in [-0.39, 0.29) is 23.7 Å². The molecule has 5 heterocycles. The summed E-state index contributed by atoms with van der Waals surface area (Å²) in [6, 6.07) is 0. The monoisotopic (exact) mass is 1220 g/mol. The molecule has 0 aromatic heterocycles. The number of methoxy groups -OCH3 is 1. The lowest BCUT2D eigenvalue weighted by molar-refractivity contribution is -0.157. The summed E-state index contributed by atoms with van der Waals surface area (Å²) in [6.45, 7) is 29.2. The highest BCUT2D eigenvalue weighted by molar-refractivity contribution is 5.99. The van der Waals surface area contributed by atoms with Gasteiger partial charge in [0.05, 0.1) is 55.4 Å². The summed E-state index contributed by atoms with van der Waals surface area (Å²) in [5.41, 5.74) is 21.4. The Morgan fingerprint density at radius 1 is 0.367 bits per heavy atom. The van der Waals surface area contributed by atoms with E-state index in [1.807, 2.05) is 86.1 Å². The first-order chi connectivity index (χ1) is 43.3. The molecule has 0 aromatic rings. The SMILES string of the molecule is COC(=O)CN1CCN(C23C4=C5C6CCC4C4CCC7C(=C42)[C@@]24O[C@@]28C3=C2C3=C8C8(N9CCN(CC(=O)OC(C)(C)C)CC9)C9=C%10C(CCC9C9CCC7C4=C98)C4CCC6C(=C4C3%10N3CCN(CC(=O)OC(C)(C)C)CC3)C25N2CCN(CC(C)=O)CC2)CC1. The number of epoxide rings is 1. The quantitative estimate of drug-likeness (QED) is 0.102. The molecule has 21 rings (SSSR count). The summed E-state index contributed by atoms with van der Waals surface area (Å²) in [6.07, 6.45) is 12.6. The fourth-order valence-corrected chi connectivity index (χ4v) is 27.8. The minimum atomic E-state index is -0.649. The smallest absolute Gasteiger partial charge is 0.320 e. The number of carbonyl (C=O) groups is 4. The molecule has 5 saturated heterocycles. The van der Waals surface area contributed by atoms with Gasteiger partial charge in [-0.1, -0.05) is 0 Å². The molecule has 16 nitrogen and oxygen atoms in total. The van der Waals surface area contributed by atoms with Crippen molar-refractivity contribution in [3.63, 3.8) is 0 Å². The number of rotatable bonds is 12. The van der Waals surface area contributed by atoms with Gasteiger partial charge in [0.2, 0.25) is 0 Å².